The Balaban J connectivity index is 2.06. The fraction of sp³-hybridized carbons (Fsp3) is 0.571. The van der Waals surface area contributed by atoms with Gasteiger partial charge in [0, 0.05) is 19.8 Å². The van der Waals surface area contributed by atoms with Crippen molar-refractivity contribution in [3.63, 3.8) is 0 Å². The van der Waals surface area contributed by atoms with Crippen LogP contribution in [0.2, 0.25) is 0 Å². The molecule has 1 aliphatic carbocycles. The van der Waals surface area contributed by atoms with Gasteiger partial charge in [-0.1, -0.05) is 20.3 Å². The lowest BCUT2D eigenvalue weighted by Gasteiger charge is -2.34. The summed E-state index contributed by atoms with van der Waals surface area (Å²) in [6, 6.07) is 7.14. The molecule has 94 valence electrons. The monoisotopic (exact) mass is 407 g/mol. The van der Waals surface area contributed by atoms with Crippen LogP contribution in [0.25, 0.3) is 0 Å². The molecule has 1 aromatic rings. The minimum absolute atomic E-state index is 0.635. The minimum Gasteiger partial charge on any atom is -0.382 e. The molecule has 0 spiro atoms. The van der Waals surface area contributed by atoms with Crippen molar-refractivity contribution in [3.8, 4) is 0 Å². The molecule has 1 N–H and O–H groups in total. The molecule has 2 rings (SSSR count). The molecule has 17 heavy (non-hydrogen) atoms. The van der Waals surface area contributed by atoms with Gasteiger partial charge < -0.3 is 5.32 Å². The summed E-state index contributed by atoms with van der Waals surface area (Å²) >= 11 is 5.91. The standard InChI is InChI=1S/C14H19BrIN/c1-9-3-4-10(2)14(7-9)17-11-5-6-12(15)13(16)8-11/h5-6,8-10,14,17H,3-4,7H2,1-2H3. The second-order valence-electron chi connectivity index (χ2n) is 5.28. The first-order chi connectivity index (χ1) is 8.06. The van der Waals surface area contributed by atoms with Gasteiger partial charge in [0.2, 0.25) is 0 Å². The highest BCUT2D eigenvalue weighted by Gasteiger charge is 2.25. The van der Waals surface area contributed by atoms with Crippen LogP contribution in [0.5, 0.6) is 0 Å². The summed E-state index contributed by atoms with van der Waals surface area (Å²) in [7, 11) is 0. The van der Waals surface area contributed by atoms with Gasteiger partial charge in [0.25, 0.3) is 0 Å². The van der Waals surface area contributed by atoms with E-state index in [1.54, 1.807) is 0 Å². The number of hydrogen-bond donors (Lipinski definition) is 1. The first kappa shape index (κ1) is 13.7. The van der Waals surface area contributed by atoms with Gasteiger partial charge in [-0.3, -0.25) is 0 Å². The molecule has 0 aromatic heterocycles. The van der Waals surface area contributed by atoms with Gasteiger partial charge in [0.05, 0.1) is 0 Å². The maximum absolute atomic E-state index is 3.70. The van der Waals surface area contributed by atoms with Crippen molar-refractivity contribution in [1.29, 1.82) is 0 Å². The third-order valence-electron chi connectivity index (χ3n) is 3.73. The van der Waals surface area contributed by atoms with Crippen molar-refractivity contribution in [2.75, 3.05) is 5.32 Å². The van der Waals surface area contributed by atoms with Crippen molar-refractivity contribution in [2.45, 2.75) is 39.2 Å². The van der Waals surface area contributed by atoms with E-state index in [9.17, 15) is 0 Å². The number of benzene rings is 1. The van der Waals surface area contributed by atoms with Crippen molar-refractivity contribution in [1.82, 2.24) is 0 Å². The topological polar surface area (TPSA) is 12.0 Å². The highest BCUT2D eigenvalue weighted by Crippen LogP contribution is 2.31. The predicted octanol–water partition coefficient (Wildman–Crippen LogP) is 5.29. The van der Waals surface area contributed by atoms with E-state index >= 15 is 0 Å². The molecular formula is C14H19BrIN. The molecule has 0 amide bonds. The fourth-order valence-corrected chi connectivity index (χ4v) is 3.30. The molecule has 3 atom stereocenters. The van der Waals surface area contributed by atoms with Crippen LogP contribution in [0.1, 0.15) is 33.1 Å². The van der Waals surface area contributed by atoms with Crippen LogP contribution in [-0.4, -0.2) is 6.04 Å². The maximum atomic E-state index is 3.70. The molecule has 0 bridgehead atoms. The van der Waals surface area contributed by atoms with Gasteiger partial charge in [-0.2, -0.15) is 0 Å². The van der Waals surface area contributed by atoms with E-state index in [-0.39, 0.29) is 0 Å². The van der Waals surface area contributed by atoms with E-state index in [1.165, 1.54) is 33.0 Å². The van der Waals surface area contributed by atoms with Crippen molar-refractivity contribution < 1.29 is 0 Å². The third-order valence-corrected chi connectivity index (χ3v) is 6.05. The number of hydrogen-bond acceptors (Lipinski definition) is 1. The largest absolute Gasteiger partial charge is 0.382 e. The smallest absolute Gasteiger partial charge is 0.0353 e. The lowest BCUT2D eigenvalue weighted by atomic mass is 9.80. The van der Waals surface area contributed by atoms with Gasteiger partial charge in [0.15, 0.2) is 0 Å². The Morgan fingerprint density at radius 1 is 1.29 bits per heavy atom. The molecule has 1 aliphatic rings. The highest BCUT2D eigenvalue weighted by atomic mass is 127. The Kier molecular flexibility index (Phi) is 4.75. The fourth-order valence-electron chi connectivity index (χ4n) is 2.53. The van der Waals surface area contributed by atoms with E-state index < -0.39 is 0 Å². The molecule has 3 unspecified atom stereocenters. The SMILES string of the molecule is CC1CCC(C)C(Nc2ccc(Br)c(I)c2)C1. The quantitative estimate of drug-likeness (QED) is 0.656. The Bertz CT molecular complexity index is 394. The zero-order valence-electron chi connectivity index (χ0n) is 10.3. The zero-order chi connectivity index (χ0) is 12.4. The number of halogens is 2. The van der Waals surface area contributed by atoms with Crippen molar-refractivity contribution in [2.24, 2.45) is 11.8 Å². The third kappa shape index (κ3) is 3.60. The molecule has 0 aliphatic heterocycles. The van der Waals surface area contributed by atoms with Crippen LogP contribution in [0.3, 0.4) is 0 Å². The van der Waals surface area contributed by atoms with Crippen LogP contribution < -0.4 is 5.32 Å². The summed E-state index contributed by atoms with van der Waals surface area (Å²) < 4.78 is 2.44. The van der Waals surface area contributed by atoms with Crippen LogP contribution in [0.15, 0.2) is 22.7 Å². The highest BCUT2D eigenvalue weighted by molar-refractivity contribution is 14.1. The Morgan fingerprint density at radius 3 is 2.76 bits per heavy atom. The number of nitrogens with one attached hydrogen (secondary N) is 1. The average molecular weight is 408 g/mol. The molecule has 1 nitrogen and oxygen atoms in total. The molecular weight excluding hydrogens is 389 g/mol. The summed E-state index contributed by atoms with van der Waals surface area (Å²) in [6.45, 7) is 4.74. The molecule has 1 saturated carbocycles. The van der Waals surface area contributed by atoms with Crippen molar-refractivity contribution >= 4 is 44.2 Å². The van der Waals surface area contributed by atoms with Crippen molar-refractivity contribution in [3.05, 3.63) is 26.2 Å². The molecule has 1 fully saturated rings. The average Bonchev–Trinajstić information content (AvgIpc) is 2.29. The van der Waals surface area contributed by atoms with E-state index in [0.717, 1.165) is 11.8 Å². The van der Waals surface area contributed by atoms with E-state index in [2.05, 4.69) is 75.9 Å². The van der Waals surface area contributed by atoms with Gasteiger partial charge in [-0.25, -0.2) is 0 Å². The van der Waals surface area contributed by atoms with Gasteiger partial charge in [-0.15, -0.1) is 0 Å². The summed E-state index contributed by atoms with van der Waals surface area (Å²) in [5.41, 5.74) is 1.25. The van der Waals surface area contributed by atoms with Crippen LogP contribution >= 0.6 is 38.5 Å². The second kappa shape index (κ2) is 5.91. The predicted molar refractivity (Wildman–Crippen MR) is 86.4 cm³/mol. The second-order valence-corrected chi connectivity index (χ2v) is 7.29. The summed E-state index contributed by atoms with van der Waals surface area (Å²) in [6.07, 6.45) is 4.04. The Hall–Kier alpha value is 0.230. The normalized spacial score (nSPS) is 29.1. The number of anilines is 1. The Morgan fingerprint density at radius 2 is 2.06 bits per heavy atom. The summed E-state index contributed by atoms with van der Waals surface area (Å²) in [4.78, 5) is 0. The summed E-state index contributed by atoms with van der Waals surface area (Å²) in [5, 5.41) is 3.70. The zero-order valence-corrected chi connectivity index (χ0v) is 14.1. The lowest BCUT2D eigenvalue weighted by Crippen LogP contribution is -2.33. The molecule has 0 saturated heterocycles. The van der Waals surface area contributed by atoms with E-state index in [1.807, 2.05) is 0 Å². The Labute approximate surface area is 126 Å². The van der Waals surface area contributed by atoms with Crippen LogP contribution in [-0.2, 0) is 0 Å². The van der Waals surface area contributed by atoms with Gasteiger partial charge in [0.1, 0.15) is 0 Å². The lowest BCUT2D eigenvalue weighted by molar-refractivity contribution is 0.280. The van der Waals surface area contributed by atoms with Crippen LogP contribution in [0, 0.1) is 15.4 Å². The minimum atomic E-state index is 0.635. The van der Waals surface area contributed by atoms with Gasteiger partial charge >= 0.3 is 0 Å². The first-order valence-electron chi connectivity index (χ1n) is 6.28. The summed E-state index contributed by atoms with van der Waals surface area (Å²) in [5.74, 6) is 1.64. The maximum Gasteiger partial charge on any atom is 0.0353 e. The van der Waals surface area contributed by atoms with E-state index in [0.29, 0.717) is 6.04 Å². The number of rotatable bonds is 2. The molecule has 0 heterocycles. The van der Waals surface area contributed by atoms with Crippen LogP contribution in [0.4, 0.5) is 5.69 Å². The molecule has 1 aromatic carbocycles. The molecule has 3 heteroatoms. The first-order valence-corrected chi connectivity index (χ1v) is 8.15. The van der Waals surface area contributed by atoms with Gasteiger partial charge in [-0.05, 0) is 81.4 Å². The van der Waals surface area contributed by atoms with E-state index in [4.69, 9.17) is 0 Å². The molecule has 0 radical (unpaired) electrons.